The highest BCUT2D eigenvalue weighted by molar-refractivity contribution is 8.00. The van der Waals surface area contributed by atoms with Crippen LogP contribution in [-0.2, 0) is 0 Å². The monoisotopic (exact) mass is 171 g/mol. The lowest BCUT2D eigenvalue weighted by Crippen LogP contribution is -2.44. The lowest BCUT2D eigenvalue weighted by atomic mass is 10.1. The van der Waals surface area contributed by atoms with Crippen LogP contribution in [-0.4, -0.2) is 23.6 Å². The molecular formula is C9H17NS. The van der Waals surface area contributed by atoms with Gasteiger partial charge in [0, 0.05) is 23.6 Å². The molecule has 1 saturated carbocycles. The van der Waals surface area contributed by atoms with E-state index >= 15 is 0 Å². The van der Waals surface area contributed by atoms with E-state index in [2.05, 4.69) is 30.9 Å². The van der Waals surface area contributed by atoms with Crippen molar-refractivity contribution in [1.29, 1.82) is 0 Å². The third kappa shape index (κ3) is 1.57. The van der Waals surface area contributed by atoms with Crippen molar-refractivity contribution in [3.8, 4) is 0 Å². The molecule has 11 heavy (non-hydrogen) atoms. The Kier molecular flexibility index (Phi) is 2.15. The van der Waals surface area contributed by atoms with Crippen LogP contribution in [0.4, 0.5) is 0 Å². The van der Waals surface area contributed by atoms with Crippen LogP contribution in [0.25, 0.3) is 0 Å². The molecule has 0 aromatic carbocycles. The highest BCUT2D eigenvalue weighted by atomic mass is 32.2. The molecule has 1 aliphatic carbocycles. The van der Waals surface area contributed by atoms with Gasteiger partial charge in [0.2, 0.25) is 0 Å². The molecule has 1 nitrogen and oxygen atoms in total. The van der Waals surface area contributed by atoms with E-state index in [1.807, 2.05) is 0 Å². The van der Waals surface area contributed by atoms with Gasteiger partial charge in [0.05, 0.1) is 0 Å². The van der Waals surface area contributed by atoms with E-state index in [4.69, 9.17) is 0 Å². The molecular weight excluding hydrogens is 154 g/mol. The van der Waals surface area contributed by atoms with Crippen LogP contribution in [0.3, 0.4) is 0 Å². The Morgan fingerprint density at radius 1 is 1.36 bits per heavy atom. The topological polar surface area (TPSA) is 12.0 Å². The van der Waals surface area contributed by atoms with Crippen LogP contribution < -0.4 is 5.32 Å². The Bertz CT molecular complexity index is 146. The van der Waals surface area contributed by atoms with Crippen molar-refractivity contribution in [3.63, 3.8) is 0 Å². The number of thioether (sulfide) groups is 1. The summed E-state index contributed by atoms with van der Waals surface area (Å²) in [5, 5.41) is 4.49. The molecule has 0 radical (unpaired) electrons. The summed E-state index contributed by atoms with van der Waals surface area (Å²) in [6, 6.07) is 0.823. The van der Waals surface area contributed by atoms with Crippen LogP contribution in [0.2, 0.25) is 0 Å². The molecule has 2 aliphatic rings. The predicted molar refractivity (Wildman–Crippen MR) is 51.0 cm³/mol. The maximum absolute atomic E-state index is 3.64. The lowest BCUT2D eigenvalue weighted by Gasteiger charge is -2.30. The molecule has 1 heterocycles. The molecule has 4 unspecified atom stereocenters. The second kappa shape index (κ2) is 2.98. The number of nitrogens with one attached hydrogen (secondary N) is 1. The molecule has 4 atom stereocenters. The van der Waals surface area contributed by atoms with E-state index < -0.39 is 0 Å². The predicted octanol–water partition coefficient (Wildman–Crippen LogP) is 1.74. The first-order chi connectivity index (χ1) is 5.29. The SMILES string of the molecule is CC1CC1C1NCCSC1C. The second-order valence-corrected chi connectivity index (χ2v) is 5.42. The maximum Gasteiger partial charge on any atom is 0.0215 e. The summed E-state index contributed by atoms with van der Waals surface area (Å²) in [5.74, 6) is 3.30. The van der Waals surface area contributed by atoms with Crippen molar-refractivity contribution < 1.29 is 0 Å². The Morgan fingerprint density at radius 3 is 2.64 bits per heavy atom. The molecule has 0 aromatic rings. The molecule has 2 fully saturated rings. The fourth-order valence-electron chi connectivity index (χ4n) is 2.09. The third-order valence-electron chi connectivity index (χ3n) is 3.00. The molecule has 64 valence electrons. The zero-order valence-electron chi connectivity index (χ0n) is 7.34. The van der Waals surface area contributed by atoms with Gasteiger partial charge in [-0.1, -0.05) is 13.8 Å². The van der Waals surface area contributed by atoms with E-state index in [1.165, 1.54) is 18.7 Å². The van der Waals surface area contributed by atoms with Gasteiger partial charge in [-0.05, 0) is 18.3 Å². The first-order valence-corrected chi connectivity index (χ1v) is 5.69. The van der Waals surface area contributed by atoms with Gasteiger partial charge >= 0.3 is 0 Å². The third-order valence-corrected chi connectivity index (χ3v) is 4.26. The largest absolute Gasteiger partial charge is 0.312 e. The van der Waals surface area contributed by atoms with Crippen LogP contribution in [0.5, 0.6) is 0 Å². The average molecular weight is 171 g/mol. The Morgan fingerprint density at radius 2 is 2.09 bits per heavy atom. The fraction of sp³-hybridized carbons (Fsp3) is 1.00. The van der Waals surface area contributed by atoms with Gasteiger partial charge in [-0.3, -0.25) is 0 Å². The Labute approximate surface area is 73.3 Å². The summed E-state index contributed by atoms with van der Waals surface area (Å²) in [6.45, 7) is 5.97. The first kappa shape index (κ1) is 7.93. The molecule has 1 N–H and O–H groups in total. The van der Waals surface area contributed by atoms with E-state index in [1.54, 1.807) is 0 Å². The minimum Gasteiger partial charge on any atom is -0.312 e. The highest BCUT2D eigenvalue weighted by Crippen LogP contribution is 2.44. The fourth-order valence-corrected chi connectivity index (χ4v) is 3.20. The molecule has 1 saturated heterocycles. The van der Waals surface area contributed by atoms with Crippen LogP contribution in [0, 0.1) is 11.8 Å². The maximum atomic E-state index is 3.64. The zero-order valence-corrected chi connectivity index (χ0v) is 8.16. The van der Waals surface area contributed by atoms with Crippen molar-refractivity contribution in [2.24, 2.45) is 11.8 Å². The van der Waals surface area contributed by atoms with E-state index in [9.17, 15) is 0 Å². The number of hydrogen-bond acceptors (Lipinski definition) is 2. The van der Waals surface area contributed by atoms with E-state index in [0.29, 0.717) is 0 Å². The Hall–Kier alpha value is 0.310. The number of hydrogen-bond donors (Lipinski definition) is 1. The molecule has 2 rings (SSSR count). The van der Waals surface area contributed by atoms with Crippen LogP contribution in [0.15, 0.2) is 0 Å². The molecule has 0 amide bonds. The minimum absolute atomic E-state index is 0.823. The van der Waals surface area contributed by atoms with Gasteiger partial charge in [-0.15, -0.1) is 0 Å². The van der Waals surface area contributed by atoms with Gasteiger partial charge in [-0.2, -0.15) is 11.8 Å². The lowest BCUT2D eigenvalue weighted by molar-refractivity contribution is 0.445. The summed E-state index contributed by atoms with van der Waals surface area (Å²) >= 11 is 2.13. The standard InChI is InChI=1S/C9H17NS/c1-6-5-8(6)9-7(2)11-4-3-10-9/h6-10H,3-5H2,1-2H3. The first-order valence-electron chi connectivity index (χ1n) is 4.64. The summed E-state index contributed by atoms with van der Waals surface area (Å²) in [4.78, 5) is 0. The van der Waals surface area contributed by atoms with Gasteiger partial charge in [0.1, 0.15) is 0 Å². The van der Waals surface area contributed by atoms with Crippen molar-refractivity contribution in [2.75, 3.05) is 12.3 Å². The van der Waals surface area contributed by atoms with Crippen LogP contribution in [0.1, 0.15) is 20.3 Å². The normalized spacial score (nSPS) is 50.7. The van der Waals surface area contributed by atoms with Gasteiger partial charge in [0.15, 0.2) is 0 Å². The summed E-state index contributed by atoms with van der Waals surface area (Å²) < 4.78 is 0. The summed E-state index contributed by atoms with van der Waals surface area (Å²) in [6.07, 6.45) is 1.46. The van der Waals surface area contributed by atoms with E-state index in [0.717, 1.165) is 23.1 Å². The Balaban J connectivity index is 1.90. The second-order valence-electron chi connectivity index (χ2n) is 3.93. The average Bonchev–Trinajstić information content (AvgIpc) is 2.68. The van der Waals surface area contributed by atoms with Crippen molar-refractivity contribution in [2.45, 2.75) is 31.6 Å². The van der Waals surface area contributed by atoms with Crippen molar-refractivity contribution in [3.05, 3.63) is 0 Å². The molecule has 2 heteroatoms. The van der Waals surface area contributed by atoms with Crippen molar-refractivity contribution >= 4 is 11.8 Å². The van der Waals surface area contributed by atoms with Gasteiger partial charge in [-0.25, -0.2) is 0 Å². The van der Waals surface area contributed by atoms with Crippen LogP contribution >= 0.6 is 11.8 Å². The van der Waals surface area contributed by atoms with E-state index in [-0.39, 0.29) is 0 Å². The zero-order chi connectivity index (χ0) is 7.84. The summed E-state index contributed by atoms with van der Waals surface area (Å²) in [7, 11) is 0. The minimum atomic E-state index is 0.823. The highest BCUT2D eigenvalue weighted by Gasteiger charge is 2.42. The van der Waals surface area contributed by atoms with Gasteiger partial charge < -0.3 is 5.32 Å². The molecule has 1 aliphatic heterocycles. The quantitative estimate of drug-likeness (QED) is 0.645. The van der Waals surface area contributed by atoms with Gasteiger partial charge in [0.25, 0.3) is 0 Å². The smallest absolute Gasteiger partial charge is 0.0215 e. The molecule has 0 aromatic heterocycles. The molecule has 0 bridgehead atoms. The summed E-state index contributed by atoms with van der Waals surface area (Å²) in [5.41, 5.74) is 0. The van der Waals surface area contributed by atoms with Crippen molar-refractivity contribution in [1.82, 2.24) is 5.32 Å². The molecule has 0 spiro atoms. The number of rotatable bonds is 1.